The van der Waals surface area contributed by atoms with Crippen LogP contribution in [0.15, 0.2) is 62.9 Å². The number of rotatable bonds is 9. The van der Waals surface area contributed by atoms with Crippen molar-refractivity contribution >= 4 is 28.6 Å². The Hall–Kier alpha value is -3.17. The Morgan fingerprint density at radius 1 is 1.19 bits per heavy atom. The van der Waals surface area contributed by atoms with Crippen LogP contribution in [0.5, 0.6) is 0 Å². The van der Waals surface area contributed by atoms with Gasteiger partial charge in [0.25, 0.3) is 0 Å². The van der Waals surface area contributed by atoms with Gasteiger partial charge in [-0.1, -0.05) is 49.0 Å². The van der Waals surface area contributed by atoms with Crippen LogP contribution in [0.4, 0.5) is 0 Å². The van der Waals surface area contributed by atoms with E-state index in [4.69, 9.17) is 4.42 Å². The van der Waals surface area contributed by atoms with Crippen LogP contribution >= 0.6 is 11.8 Å². The van der Waals surface area contributed by atoms with Crippen molar-refractivity contribution in [3.05, 3.63) is 76.0 Å². The molecule has 0 fully saturated rings. The van der Waals surface area contributed by atoms with Crippen LogP contribution in [-0.4, -0.2) is 50.3 Å². The molecule has 4 rings (SSSR count). The SMILES string of the molecule is CCC(c1nnc(SCC(=O)c2ccc3[nH]c(=O)oc3c2)n1Cc1ccccc1)N(C)C. The number of nitrogens with one attached hydrogen (secondary N) is 1. The number of H-pyrrole nitrogens is 1. The molecule has 0 aliphatic heterocycles. The molecule has 32 heavy (non-hydrogen) atoms. The summed E-state index contributed by atoms with van der Waals surface area (Å²) in [6, 6.07) is 15.2. The Balaban J connectivity index is 1.58. The van der Waals surface area contributed by atoms with E-state index < -0.39 is 5.76 Å². The van der Waals surface area contributed by atoms with Gasteiger partial charge in [0.2, 0.25) is 0 Å². The molecule has 166 valence electrons. The highest BCUT2D eigenvalue weighted by atomic mass is 32.2. The van der Waals surface area contributed by atoms with E-state index in [0.29, 0.717) is 28.4 Å². The summed E-state index contributed by atoms with van der Waals surface area (Å²) >= 11 is 1.36. The first-order valence-electron chi connectivity index (χ1n) is 10.4. The van der Waals surface area contributed by atoms with Gasteiger partial charge in [-0.15, -0.1) is 10.2 Å². The van der Waals surface area contributed by atoms with Crippen LogP contribution in [0.1, 0.15) is 41.1 Å². The van der Waals surface area contributed by atoms with E-state index in [2.05, 4.69) is 43.7 Å². The van der Waals surface area contributed by atoms with Gasteiger partial charge in [-0.2, -0.15) is 0 Å². The fourth-order valence-corrected chi connectivity index (χ4v) is 4.52. The molecule has 1 unspecified atom stereocenters. The van der Waals surface area contributed by atoms with Gasteiger partial charge in [0, 0.05) is 5.56 Å². The summed E-state index contributed by atoms with van der Waals surface area (Å²) in [4.78, 5) is 28.9. The monoisotopic (exact) mass is 451 g/mol. The Bertz CT molecular complexity index is 1280. The minimum absolute atomic E-state index is 0.0730. The minimum atomic E-state index is -0.535. The van der Waals surface area contributed by atoms with Gasteiger partial charge in [0.15, 0.2) is 22.3 Å². The predicted molar refractivity (Wildman–Crippen MR) is 124 cm³/mol. The number of carbonyl (C=O) groups is 1. The van der Waals surface area contributed by atoms with Crippen LogP contribution in [-0.2, 0) is 6.54 Å². The van der Waals surface area contributed by atoms with Gasteiger partial charge in [-0.3, -0.25) is 14.7 Å². The van der Waals surface area contributed by atoms with Crippen molar-refractivity contribution in [2.75, 3.05) is 19.8 Å². The molecular weight excluding hydrogens is 426 g/mol. The van der Waals surface area contributed by atoms with Crippen molar-refractivity contribution in [3.8, 4) is 0 Å². The fourth-order valence-electron chi connectivity index (χ4n) is 3.68. The molecule has 0 aliphatic carbocycles. The molecule has 0 aliphatic rings. The van der Waals surface area contributed by atoms with E-state index in [9.17, 15) is 9.59 Å². The molecule has 0 saturated carbocycles. The topological polar surface area (TPSA) is 97.0 Å². The number of thioether (sulfide) groups is 1. The average Bonchev–Trinajstić information content (AvgIpc) is 3.35. The van der Waals surface area contributed by atoms with Gasteiger partial charge < -0.3 is 8.98 Å². The normalized spacial score (nSPS) is 12.5. The van der Waals surface area contributed by atoms with Crippen LogP contribution in [0, 0.1) is 0 Å². The lowest BCUT2D eigenvalue weighted by Gasteiger charge is -2.23. The van der Waals surface area contributed by atoms with E-state index in [-0.39, 0.29) is 17.6 Å². The third kappa shape index (κ3) is 4.68. The smallest absolute Gasteiger partial charge is 0.408 e. The molecule has 2 aromatic heterocycles. The highest BCUT2D eigenvalue weighted by Gasteiger charge is 2.23. The number of aromatic amines is 1. The molecule has 2 heterocycles. The number of hydrogen-bond acceptors (Lipinski definition) is 7. The van der Waals surface area contributed by atoms with Crippen LogP contribution in [0.2, 0.25) is 0 Å². The second-order valence-corrected chi connectivity index (χ2v) is 8.68. The molecule has 0 radical (unpaired) electrons. The number of fused-ring (bicyclic) bond motifs is 1. The lowest BCUT2D eigenvalue weighted by Crippen LogP contribution is -2.23. The van der Waals surface area contributed by atoms with Gasteiger partial charge in [0.1, 0.15) is 0 Å². The van der Waals surface area contributed by atoms with E-state index in [1.807, 2.05) is 32.3 Å². The van der Waals surface area contributed by atoms with Gasteiger partial charge in [-0.05, 0) is 44.3 Å². The van der Waals surface area contributed by atoms with Crippen LogP contribution in [0.25, 0.3) is 11.1 Å². The van der Waals surface area contributed by atoms with E-state index >= 15 is 0 Å². The maximum absolute atomic E-state index is 12.8. The lowest BCUT2D eigenvalue weighted by atomic mass is 10.1. The third-order valence-electron chi connectivity index (χ3n) is 5.31. The van der Waals surface area contributed by atoms with Crippen molar-refractivity contribution in [1.82, 2.24) is 24.6 Å². The zero-order valence-corrected chi connectivity index (χ0v) is 19.1. The molecule has 0 spiro atoms. The van der Waals surface area contributed by atoms with E-state index in [1.165, 1.54) is 11.8 Å². The predicted octanol–water partition coefficient (Wildman–Crippen LogP) is 3.75. The number of oxazole rings is 1. The Kier molecular flexibility index (Phi) is 6.57. The van der Waals surface area contributed by atoms with Crippen molar-refractivity contribution in [3.63, 3.8) is 0 Å². The van der Waals surface area contributed by atoms with Crippen molar-refractivity contribution < 1.29 is 9.21 Å². The number of benzene rings is 2. The molecule has 2 aromatic carbocycles. The molecule has 1 atom stereocenters. The van der Waals surface area contributed by atoms with Crippen molar-refractivity contribution in [2.45, 2.75) is 31.1 Å². The molecule has 4 aromatic rings. The molecule has 1 N–H and O–H groups in total. The molecule has 8 nitrogen and oxygen atoms in total. The Labute approximate surface area is 189 Å². The zero-order chi connectivity index (χ0) is 22.7. The van der Waals surface area contributed by atoms with E-state index in [1.54, 1.807) is 18.2 Å². The molecule has 0 bridgehead atoms. The maximum atomic E-state index is 12.8. The highest BCUT2D eigenvalue weighted by molar-refractivity contribution is 7.99. The third-order valence-corrected chi connectivity index (χ3v) is 6.28. The first-order chi connectivity index (χ1) is 15.5. The summed E-state index contributed by atoms with van der Waals surface area (Å²) in [5, 5.41) is 9.60. The highest BCUT2D eigenvalue weighted by Crippen LogP contribution is 2.27. The number of hydrogen-bond donors (Lipinski definition) is 1. The standard InChI is InChI=1S/C23H25N5O3S/c1-4-18(27(2)3)21-25-26-22(28(21)13-15-8-6-5-7-9-15)32-14-19(29)16-10-11-17-20(12-16)31-23(30)24-17/h5-12,18H,4,13-14H2,1-3H3,(H,24,30). The quantitative estimate of drug-likeness (QED) is 0.306. The van der Waals surface area contributed by atoms with Gasteiger partial charge in [-0.25, -0.2) is 4.79 Å². The second-order valence-electron chi connectivity index (χ2n) is 7.74. The lowest BCUT2D eigenvalue weighted by molar-refractivity contribution is 0.102. The zero-order valence-electron chi connectivity index (χ0n) is 18.2. The summed E-state index contributed by atoms with van der Waals surface area (Å²) in [7, 11) is 4.06. The molecule has 0 saturated heterocycles. The number of nitrogens with zero attached hydrogens (tertiary/aromatic N) is 4. The average molecular weight is 452 g/mol. The van der Waals surface area contributed by atoms with E-state index in [0.717, 1.165) is 17.8 Å². The molecule has 0 amide bonds. The molecule has 9 heteroatoms. The van der Waals surface area contributed by atoms with Gasteiger partial charge in [0.05, 0.1) is 23.9 Å². The summed E-state index contributed by atoms with van der Waals surface area (Å²) in [6.45, 7) is 2.75. The summed E-state index contributed by atoms with van der Waals surface area (Å²) < 4.78 is 7.16. The number of Topliss-reactive ketones (excluding diaryl/α,β-unsaturated/α-hetero) is 1. The number of ketones is 1. The van der Waals surface area contributed by atoms with Crippen molar-refractivity contribution in [1.29, 1.82) is 0 Å². The summed E-state index contributed by atoms with van der Waals surface area (Å²) in [5.74, 6) is 0.473. The Morgan fingerprint density at radius 2 is 1.97 bits per heavy atom. The van der Waals surface area contributed by atoms with Gasteiger partial charge >= 0.3 is 5.76 Å². The second kappa shape index (κ2) is 9.54. The minimum Gasteiger partial charge on any atom is -0.408 e. The first kappa shape index (κ1) is 22.0. The first-order valence-corrected chi connectivity index (χ1v) is 11.4. The van der Waals surface area contributed by atoms with Crippen LogP contribution in [0.3, 0.4) is 0 Å². The van der Waals surface area contributed by atoms with Crippen LogP contribution < -0.4 is 5.76 Å². The number of carbonyl (C=O) groups excluding carboxylic acids is 1. The fraction of sp³-hybridized carbons (Fsp3) is 0.304. The molecular formula is C23H25N5O3S. The summed E-state index contributed by atoms with van der Waals surface area (Å²) in [5.41, 5.74) is 2.57. The summed E-state index contributed by atoms with van der Waals surface area (Å²) in [6.07, 6.45) is 0.894. The largest absolute Gasteiger partial charge is 0.417 e. The Morgan fingerprint density at radius 3 is 2.69 bits per heavy atom. The maximum Gasteiger partial charge on any atom is 0.417 e. The van der Waals surface area contributed by atoms with Crippen molar-refractivity contribution in [2.24, 2.45) is 0 Å². The number of aromatic nitrogens is 4.